The molecule has 9 nitrogen and oxygen atoms in total. The first-order chi connectivity index (χ1) is 20.7. The first kappa shape index (κ1) is 34.5. The van der Waals surface area contributed by atoms with E-state index in [1.165, 1.54) is 0 Å². The quantitative estimate of drug-likeness (QED) is 0.247. The molecule has 0 radical (unpaired) electrons. The molecule has 6 rings (SSSR count). The standard InChI is InChI=1S/C36H62O9/c1-31(2)23(38)11-13-33(5)22-15-25(40)36(8)20(9-10-21(36)35(7)14-12-24(39)32(3,4)45-35)34(22,6)16-18(30(31)33)29-28(43)27(42)26(41)19(17-37)44-29/h18-30,37-43H,9-17H2,1-8H3/t18-,19-,20+,21-,22-,23+,24-,25-,26-,27+,28-,29+,30+,33-,34+,35+,36+/m1/s1. The number of aliphatic hydroxyl groups is 7. The predicted molar refractivity (Wildman–Crippen MR) is 168 cm³/mol. The summed E-state index contributed by atoms with van der Waals surface area (Å²) in [5, 5.41) is 77.7. The highest BCUT2D eigenvalue weighted by Gasteiger charge is 2.74. The summed E-state index contributed by atoms with van der Waals surface area (Å²) in [7, 11) is 0. The van der Waals surface area contributed by atoms with Crippen molar-refractivity contribution in [3.63, 3.8) is 0 Å². The van der Waals surface area contributed by atoms with Gasteiger partial charge in [0.25, 0.3) is 0 Å². The summed E-state index contributed by atoms with van der Waals surface area (Å²) in [6.07, 6.45) is -1.67. The van der Waals surface area contributed by atoms with Crippen LogP contribution in [0.1, 0.15) is 107 Å². The number of aliphatic hydroxyl groups excluding tert-OH is 7. The molecule has 7 N–H and O–H groups in total. The largest absolute Gasteiger partial charge is 0.394 e. The molecule has 260 valence electrons. The van der Waals surface area contributed by atoms with Gasteiger partial charge in [-0.25, -0.2) is 0 Å². The van der Waals surface area contributed by atoms with Crippen LogP contribution in [-0.2, 0) is 9.47 Å². The lowest BCUT2D eigenvalue weighted by molar-refractivity contribution is -0.305. The molecule has 0 aromatic rings. The normalized spacial score (nSPS) is 59.1. The Morgan fingerprint density at radius 2 is 1.27 bits per heavy atom. The van der Waals surface area contributed by atoms with Crippen LogP contribution >= 0.6 is 0 Å². The molecule has 0 bridgehead atoms. The minimum absolute atomic E-state index is 0.0930. The third kappa shape index (κ3) is 4.64. The van der Waals surface area contributed by atoms with Gasteiger partial charge in [0, 0.05) is 5.41 Å². The van der Waals surface area contributed by atoms with Crippen LogP contribution in [0.2, 0.25) is 0 Å². The smallest absolute Gasteiger partial charge is 0.111 e. The Hall–Kier alpha value is -0.360. The Morgan fingerprint density at radius 1 is 0.644 bits per heavy atom. The van der Waals surface area contributed by atoms with Crippen molar-refractivity contribution in [2.24, 2.45) is 51.2 Å². The van der Waals surface area contributed by atoms with Crippen molar-refractivity contribution in [1.29, 1.82) is 0 Å². The third-order valence-corrected chi connectivity index (χ3v) is 15.5. The molecule has 9 heteroatoms. The molecule has 6 aliphatic rings. The minimum atomic E-state index is -1.45. The first-order valence-corrected chi connectivity index (χ1v) is 17.7. The lowest BCUT2D eigenvalue weighted by Gasteiger charge is -2.72. The third-order valence-electron chi connectivity index (χ3n) is 15.5. The highest BCUT2D eigenvalue weighted by atomic mass is 16.5. The van der Waals surface area contributed by atoms with Crippen LogP contribution < -0.4 is 0 Å². The van der Waals surface area contributed by atoms with Crippen LogP contribution in [0.15, 0.2) is 0 Å². The van der Waals surface area contributed by atoms with Crippen LogP contribution in [0, 0.1) is 51.2 Å². The SMILES string of the molecule is CC1(C)O[C@](C)([C@H]2CC[C@H]3[C@]4(C)C[C@H]([C@@H]5O[C@H](CO)[C@@H](O)[C@H](O)[C@H]5O)[C@H]5C(C)(C)[C@@H](O)CC[C@]5(C)[C@H]4C[C@@H](O)[C@@]32C)CC[C@H]1O. The summed E-state index contributed by atoms with van der Waals surface area (Å²) in [4.78, 5) is 0. The minimum Gasteiger partial charge on any atom is -0.394 e. The fourth-order valence-electron chi connectivity index (χ4n) is 13.6. The number of ether oxygens (including phenoxy) is 2. The molecule has 2 heterocycles. The number of rotatable bonds is 3. The first-order valence-electron chi connectivity index (χ1n) is 17.7. The molecule has 0 aromatic carbocycles. The Balaban J connectivity index is 1.44. The van der Waals surface area contributed by atoms with Gasteiger partial charge in [0.2, 0.25) is 0 Å². The number of hydrogen-bond donors (Lipinski definition) is 7. The average molecular weight is 639 g/mol. The topological polar surface area (TPSA) is 160 Å². The molecule has 0 aromatic heterocycles. The van der Waals surface area contributed by atoms with Crippen molar-refractivity contribution in [3.05, 3.63) is 0 Å². The summed E-state index contributed by atoms with van der Waals surface area (Å²) in [6.45, 7) is 16.8. The molecule has 4 saturated carbocycles. The molecule has 0 unspecified atom stereocenters. The highest BCUT2D eigenvalue weighted by molar-refractivity contribution is 5.22. The highest BCUT2D eigenvalue weighted by Crippen LogP contribution is 2.76. The van der Waals surface area contributed by atoms with Crippen molar-refractivity contribution in [3.8, 4) is 0 Å². The lowest BCUT2D eigenvalue weighted by Crippen LogP contribution is -2.71. The van der Waals surface area contributed by atoms with E-state index in [0.717, 1.165) is 25.7 Å². The van der Waals surface area contributed by atoms with Gasteiger partial charge in [-0.2, -0.15) is 0 Å². The molecule has 0 spiro atoms. The predicted octanol–water partition coefficient (Wildman–Crippen LogP) is 2.78. The molecule has 4 aliphatic carbocycles. The molecule has 6 fully saturated rings. The van der Waals surface area contributed by atoms with Gasteiger partial charge in [0.1, 0.15) is 24.4 Å². The van der Waals surface area contributed by atoms with E-state index in [0.29, 0.717) is 25.7 Å². The second-order valence-corrected chi connectivity index (χ2v) is 18.5. The van der Waals surface area contributed by atoms with E-state index in [1.807, 2.05) is 13.8 Å². The maximum absolute atomic E-state index is 12.4. The molecular weight excluding hydrogens is 576 g/mol. The van der Waals surface area contributed by atoms with E-state index in [4.69, 9.17) is 9.47 Å². The van der Waals surface area contributed by atoms with Gasteiger partial charge < -0.3 is 45.2 Å². The maximum atomic E-state index is 12.4. The Bertz CT molecular complexity index is 1130. The van der Waals surface area contributed by atoms with Crippen molar-refractivity contribution in [1.82, 2.24) is 0 Å². The summed E-state index contributed by atoms with van der Waals surface area (Å²) < 4.78 is 13.1. The molecule has 45 heavy (non-hydrogen) atoms. The molecular formula is C36H62O9. The Kier molecular flexibility index (Phi) is 8.29. The van der Waals surface area contributed by atoms with Crippen LogP contribution in [0.4, 0.5) is 0 Å². The lowest BCUT2D eigenvalue weighted by atomic mass is 9.34. The van der Waals surface area contributed by atoms with Crippen LogP contribution in [0.25, 0.3) is 0 Å². The summed E-state index contributed by atoms with van der Waals surface area (Å²) in [5.41, 5.74) is -2.69. The fourth-order valence-corrected chi connectivity index (χ4v) is 13.6. The van der Waals surface area contributed by atoms with Gasteiger partial charge >= 0.3 is 0 Å². The van der Waals surface area contributed by atoms with Crippen LogP contribution in [-0.4, -0.2) is 102 Å². The summed E-state index contributed by atoms with van der Waals surface area (Å²) >= 11 is 0. The fraction of sp³-hybridized carbons (Fsp3) is 1.00. The van der Waals surface area contributed by atoms with E-state index >= 15 is 0 Å². The van der Waals surface area contributed by atoms with Crippen LogP contribution in [0.3, 0.4) is 0 Å². The average Bonchev–Trinajstić information content (AvgIpc) is 3.34. The van der Waals surface area contributed by atoms with Gasteiger partial charge in [-0.05, 0) is 118 Å². The Labute approximate surface area is 269 Å². The molecule has 17 atom stereocenters. The van der Waals surface area contributed by atoms with Gasteiger partial charge in [0.05, 0.1) is 42.2 Å². The van der Waals surface area contributed by atoms with Crippen molar-refractivity contribution < 1.29 is 45.2 Å². The summed E-state index contributed by atoms with van der Waals surface area (Å²) in [5.74, 6) is 0.0489. The van der Waals surface area contributed by atoms with Gasteiger partial charge in [-0.1, -0.05) is 34.6 Å². The van der Waals surface area contributed by atoms with Crippen LogP contribution in [0.5, 0.6) is 0 Å². The molecule has 2 saturated heterocycles. The number of hydrogen-bond acceptors (Lipinski definition) is 9. The monoisotopic (exact) mass is 638 g/mol. The molecule has 2 aliphatic heterocycles. The van der Waals surface area contributed by atoms with Gasteiger partial charge in [-0.15, -0.1) is 0 Å². The van der Waals surface area contributed by atoms with Gasteiger partial charge in [-0.3, -0.25) is 0 Å². The van der Waals surface area contributed by atoms with E-state index in [-0.39, 0.29) is 40.4 Å². The zero-order valence-electron chi connectivity index (χ0n) is 28.8. The van der Waals surface area contributed by atoms with Crippen molar-refractivity contribution in [2.75, 3.05) is 6.61 Å². The van der Waals surface area contributed by atoms with Crippen molar-refractivity contribution >= 4 is 0 Å². The zero-order valence-corrected chi connectivity index (χ0v) is 28.8. The Morgan fingerprint density at radius 3 is 1.89 bits per heavy atom. The van der Waals surface area contributed by atoms with E-state index in [1.54, 1.807) is 0 Å². The van der Waals surface area contributed by atoms with E-state index in [9.17, 15) is 35.7 Å². The zero-order chi connectivity index (χ0) is 33.3. The number of fused-ring (bicyclic) bond motifs is 5. The second-order valence-electron chi connectivity index (χ2n) is 18.5. The maximum Gasteiger partial charge on any atom is 0.111 e. The second kappa shape index (κ2) is 10.8. The van der Waals surface area contributed by atoms with Crippen molar-refractivity contribution in [2.45, 2.75) is 167 Å². The van der Waals surface area contributed by atoms with E-state index < -0.39 is 77.5 Å². The summed E-state index contributed by atoms with van der Waals surface area (Å²) in [6, 6.07) is 0. The van der Waals surface area contributed by atoms with E-state index in [2.05, 4.69) is 41.5 Å². The molecule has 0 amide bonds. The van der Waals surface area contributed by atoms with Gasteiger partial charge in [0.15, 0.2) is 0 Å².